The Morgan fingerprint density at radius 3 is 3.08 bits per heavy atom. The van der Waals surface area contributed by atoms with Gasteiger partial charge in [-0.15, -0.1) is 0 Å². The largest absolute Gasteiger partial charge is 0.331 e. The molecule has 5 heteroatoms. The minimum atomic E-state index is 0.517. The standard InChI is InChI=1S/C7H5BrN2OS/c8-4-1-2-5-6(3-4)10-7(9-5)12-11/h1-3,11H,(H,9,10). The van der Waals surface area contributed by atoms with Crippen molar-refractivity contribution in [2.24, 2.45) is 0 Å². The number of nitrogens with zero attached hydrogens (tertiary/aromatic N) is 1. The molecular formula is C7H5BrN2OS. The van der Waals surface area contributed by atoms with Crippen LogP contribution in [0.3, 0.4) is 0 Å². The highest BCUT2D eigenvalue weighted by Gasteiger charge is 2.01. The lowest BCUT2D eigenvalue weighted by Gasteiger charge is -1.87. The summed E-state index contributed by atoms with van der Waals surface area (Å²) in [5.74, 6) is 0. The van der Waals surface area contributed by atoms with E-state index in [1.54, 1.807) is 0 Å². The maximum absolute atomic E-state index is 8.72. The quantitative estimate of drug-likeness (QED) is 0.759. The number of rotatable bonds is 1. The lowest BCUT2D eigenvalue weighted by atomic mass is 10.3. The van der Waals surface area contributed by atoms with E-state index in [-0.39, 0.29) is 0 Å². The van der Waals surface area contributed by atoms with Crippen LogP contribution in [0.5, 0.6) is 0 Å². The zero-order chi connectivity index (χ0) is 8.55. The second-order valence-electron chi connectivity index (χ2n) is 2.29. The Hall–Kier alpha value is -0.520. The van der Waals surface area contributed by atoms with Crippen molar-refractivity contribution in [1.29, 1.82) is 0 Å². The SMILES string of the molecule is OSc1nc2ccc(Br)cc2[nH]1. The first-order valence-electron chi connectivity index (χ1n) is 3.26. The van der Waals surface area contributed by atoms with Gasteiger partial charge >= 0.3 is 0 Å². The number of fused-ring (bicyclic) bond motifs is 1. The number of benzene rings is 1. The van der Waals surface area contributed by atoms with Crippen molar-refractivity contribution in [1.82, 2.24) is 9.97 Å². The first-order chi connectivity index (χ1) is 5.79. The Bertz CT molecular complexity index is 415. The first kappa shape index (κ1) is 8.10. The topological polar surface area (TPSA) is 48.9 Å². The highest BCUT2D eigenvalue weighted by molar-refractivity contribution is 9.10. The van der Waals surface area contributed by atoms with E-state index in [0.29, 0.717) is 17.2 Å². The predicted molar refractivity (Wildman–Crippen MR) is 52.3 cm³/mol. The van der Waals surface area contributed by atoms with Crippen LogP contribution in [-0.4, -0.2) is 14.5 Å². The molecule has 3 nitrogen and oxygen atoms in total. The maximum atomic E-state index is 8.72. The van der Waals surface area contributed by atoms with Crippen molar-refractivity contribution >= 4 is 39.0 Å². The minimum absolute atomic E-state index is 0.517. The van der Waals surface area contributed by atoms with Gasteiger partial charge in [-0.25, -0.2) is 4.98 Å². The lowest BCUT2D eigenvalue weighted by molar-refractivity contribution is 0.657. The fourth-order valence-electron chi connectivity index (χ4n) is 1.00. The normalized spacial score (nSPS) is 10.8. The molecule has 1 aromatic heterocycles. The van der Waals surface area contributed by atoms with Gasteiger partial charge in [-0.1, -0.05) is 15.9 Å². The first-order valence-corrected chi connectivity index (χ1v) is 4.83. The van der Waals surface area contributed by atoms with Crippen LogP contribution in [0, 0.1) is 0 Å². The Labute approximate surface area is 81.5 Å². The molecule has 2 aromatic rings. The molecule has 0 amide bonds. The lowest BCUT2D eigenvalue weighted by Crippen LogP contribution is -1.68. The van der Waals surface area contributed by atoms with Crippen molar-refractivity contribution in [2.75, 3.05) is 0 Å². The molecule has 0 aliphatic heterocycles. The van der Waals surface area contributed by atoms with Crippen LogP contribution in [0.2, 0.25) is 0 Å². The second kappa shape index (κ2) is 3.08. The van der Waals surface area contributed by atoms with Crippen molar-refractivity contribution in [3.63, 3.8) is 0 Å². The maximum Gasteiger partial charge on any atom is 0.193 e. The van der Waals surface area contributed by atoms with Crippen LogP contribution < -0.4 is 0 Å². The molecule has 0 saturated carbocycles. The summed E-state index contributed by atoms with van der Waals surface area (Å²) in [6.45, 7) is 0. The van der Waals surface area contributed by atoms with E-state index in [9.17, 15) is 0 Å². The third-order valence-electron chi connectivity index (χ3n) is 1.51. The average molecular weight is 245 g/mol. The monoisotopic (exact) mass is 244 g/mol. The van der Waals surface area contributed by atoms with Crippen molar-refractivity contribution in [2.45, 2.75) is 5.16 Å². The molecule has 2 N–H and O–H groups in total. The molecular weight excluding hydrogens is 240 g/mol. The number of aromatic nitrogens is 2. The number of H-pyrrole nitrogens is 1. The highest BCUT2D eigenvalue weighted by Crippen LogP contribution is 2.20. The van der Waals surface area contributed by atoms with E-state index >= 15 is 0 Å². The summed E-state index contributed by atoms with van der Waals surface area (Å²) in [5.41, 5.74) is 1.77. The molecule has 0 radical (unpaired) electrons. The van der Waals surface area contributed by atoms with Gasteiger partial charge in [0, 0.05) is 4.47 Å². The summed E-state index contributed by atoms with van der Waals surface area (Å²) in [6.07, 6.45) is 0. The number of hydrogen-bond acceptors (Lipinski definition) is 3. The average Bonchev–Trinajstić information content (AvgIpc) is 2.46. The van der Waals surface area contributed by atoms with E-state index in [1.807, 2.05) is 18.2 Å². The van der Waals surface area contributed by atoms with Crippen molar-refractivity contribution < 1.29 is 4.55 Å². The molecule has 0 atom stereocenters. The fraction of sp³-hybridized carbons (Fsp3) is 0. The van der Waals surface area contributed by atoms with E-state index in [0.717, 1.165) is 15.5 Å². The zero-order valence-electron chi connectivity index (χ0n) is 5.91. The Morgan fingerprint density at radius 2 is 2.33 bits per heavy atom. The molecule has 0 spiro atoms. The van der Waals surface area contributed by atoms with Gasteiger partial charge in [0.05, 0.1) is 23.1 Å². The number of aromatic amines is 1. The number of imidazole rings is 1. The van der Waals surface area contributed by atoms with Crippen LogP contribution in [0.15, 0.2) is 27.8 Å². The van der Waals surface area contributed by atoms with Crippen LogP contribution in [0.1, 0.15) is 0 Å². The Kier molecular flexibility index (Phi) is 2.08. The Balaban J connectivity index is 2.67. The fourth-order valence-corrected chi connectivity index (χ4v) is 1.66. The molecule has 2 rings (SSSR count). The molecule has 1 heterocycles. The third-order valence-corrected chi connectivity index (χ3v) is 2.37. The Morgan fingerprint density at radius 1 is 1.50 bits per heavy atom. The smallest absolute Gasteiger partial charge is 0.193 e. The zero-order valence-corrected chi connectivity index (χ0v) is 8.32. The predicted octanol–water partition coefficient (Wildman–Crippen LogP) is 2.89. The summed E-state index contributed by atoms with van der Waals surface area (Å²) in [7, 11) is 0. The van der Waals surface area contributed by atoms with Gasteiger partial charge in [-0.05, 0) is 18.2 Å². The van der Waals surface area contributed by atoms with Gasteiger partial charge in [0.1, 0.15) is 0 Å². The van der Waals surface area contributed by atoms with E-state index < -0.39 is 0 Å². The summed E-state index contributed by atoms with van der Waals surface area (Å²) in [4.78, 5) is 7.07. The number of halogens is 1. The van der Waals surface area contributed by atoms with Gasteiger partial charge in [-0.3, -0.25) is 0 Å². The third kappa shape index (κ3) is 1.35. The molecule has 0 saturated heterocycles. The number of hydrogen-bond donors (Lipinski definition) is 2. The van der Waals surface area contributed by atoms with E-state index in [4.69, 9.17) is 4.55 Å². The van der Waals surface area contributed by atoms with E-state index in [1.165, 1.54) is 0 Å². The van der Waals surface area contributed by atoms with Gasteiger partial charge in [-0.2, -0.15) is 0 Å². The second-order valence-corrected chi connectivity index (χ2v) is 3.78. The summed E-state index contributed by atoms with van der Waals surface area (Å²) in [6, 6.07) is 5.71. The summed E-state index contributed by atoms with van der Waals surface area (Å²) in [5, 5.41) is 0.517. The summed E-state index contributed by atoms with van der Waals surface area (Å²) >= 11 is 3.96. The molecule has 0 unspecified atom stereocenters. The van der Waals surface area contributed by atoms with Gasteiger partial charge < -0.3 is 9.54 Å². The van der Waals surface area contributed by atoms with Crippen LogP contribution in [0.4, 0.5) is 0 Å². The molecule has 0 fully saturated rings. The van der Waals surface area contributed by atoms with E-state index in [2.05, 4.69) is 25.9 Å². The summed E-state index contributed by atoms with van der Waals surface area (Å²) < 4.78 is 9.71. The molecule has 0 aliphatic carbocycles. The van der Waals surface area contributed by atoms with Crippen LogP contribution >= 0.6 is 28.0 Å². The number of nitrogens with one attached hydrogen (secondary N) is 1. The van der Waals surface area contributed by atoms with Gasteiger partial charge in [0.25, 0.3) is 0 Å². The van der Waals surface area contributed by atoms with Crippen LogP contribution in [-0.2, 0) is 0 Å². The molecule has 62 valence electrons. The molecule has 0 aliphatic rings. The van der Waals surface area contributed by atoms with Gasteiger partial charge in [0.2, 0.25) is 0 Å². The molecule has 12 heavy (non-hydrogen) atoms. The van der Waals surface area contributed by atoms with Crippen molar-refractivity contribution in [3.05, 3.63) is 22.7 Å². The van der Waals surface area contributed by atoms with Gasteiger partial charge in [0.15, 0.2) is 5.16 Å². The van der Waals surface area contributed by atoms with Crippen LogP contribution in [0.25, 0.3) is 11.0 Å². The van der Waals surface area contributed by atoms with Crippen molar-refractivity contribution in [3.8, 4) is 0 Å². The minimum Gasteiger partial charge on any atom is -0.331 e. The highest BCUT2D eigenvalue weighted by atomic mass is 79.9. The molecule has 0 bridgehead atoms. The molecule has 1 aromatic carbocycles.